The second-order valence-corrected chi connectivity index (χ2v) is 4.00. The van der Waals surface area contributed by atoms with Gasteiger partial charge in [-0.3, -0.25) is 0 Å². The Kier molecular flexibility index (Phi) is 4.71. The minimum Gasteiger partial charge on any atom is -0.384 e. The third-order valence-corrected chi connectivity index (χ3v) is 3.28. The van der Waals surface area contributed by atoms with Gasteiger partial charge in [0.2, 0.25) is 0 Å². The van der Waals surface area contributed by atoms with Gasteiger partial charge >= 0.3 is 0 Å². The van der Waals surface area contributed by atoms with E-state index in [1.165, 1.54) is 5.57 Å². The second-order valence-electron chi connectivity index (χ2n) is 4.00. The third-order valence-electron chi connectivity index (χ3n) is 3.28. The van der Waals surface area contributed by atoms with Crippen molar-refractivity contribution in [2.75, 3.05) is 0 Å². The predicted molar refractivity (Wildman–Crippen MR) is 74.8 cm³/mol. The quantitative estimate of drug-likeness (QED) is 0.664. The van der Waals surface area contributed by atoms with E-state index in [4.69, 9.17) is 0 Å². The van der Waals surface area contributed by atoms with Crippen LogP contribution in [0.3, 0.4) is 0 Å². The van der Waals surface area contributed by atoms with Crippen LogP contribution in [0.2, 0.25) is 0 Å². The van der Waals surface area contributed by atoms with E-state index in [9.17, 15) is 5.11 Å². The fourth-order valence-electron chi connectivity index (χ4n) is 2.50. The molecule has 0 atom stereocenters. The molecule has 0 unspecified atom stereocenters. The summed E-state index contributed by atoms with van der Waals surface area (Å²) in [5.41, 5.74) is 5.49. The van der Waals surface area contributed by atoms with Gasteiger partial charge in [-0.15, -0.1) is 0 Å². The zero-order valence-corrected chi connectivity index (χ0v) is 11.4. The molecule has 1 N–H and O–H groups in total. The first-order chi connectivity index (χ1) is 8.15. The first-order valence-corrected chi connectivity index (χ1v) is 6.17. The molecule has 1 rings (SSSR count). The van der Waals surface area contributed by atoms with Gasteiger partial charge in [-0.05, 0) is 62.5 Å². The Hall–Kier alpha value is -1.34. The molecule has 0 heterocycles. The van der Waals surface area contributed by atoms with E-state index in [2.05, 4.69) is 18.2 Å². The zero-order chi connectivity index (χ0) is 13.0. The second kappa shape index (κ2) is 5.83. The highest BCUT2D eigenvalue weighted by molar-refractivity contribution is 5.69. The van der Waals surface area contributed by atoms with Crippen LogP contribution in [0.25, 0.3) is 0 Å². The van der Waals surface area contributed by atoms with Gasteiger partial charge in [0.1, 0.15) is 6.10 Å². The molecule has 0 spiro atoms. The molecule has 1 nitrogen and oxygen atoms in total. The molecule has 0 saturated heterocycles. The van der Waals surface area contributed by atoms with Crippen LogP contribution in [0, 0.1) is 0 Å². The predicted octanol–water partition coefficient (Wildman–Crippen LogP) is 4.09. The maximum absolute atomic E-state index is 10.4. The van der Waals surface area contributed by atoms with Crippen LogP contribution in [0.15, 0.2) is 58.2 Å². The lowest BCUT2D eigenvalue weighted by Gasteiger charge is -2.31. The number of aliphatic hydroxyl groups excluding tert-OH is 1. The summed E-state index contributed by atoms with van der Waals surface area (Å²) in [6.45, 7) is 10.0. The molecule has 1 saturated carbocycles. The summed E-state index contributed by atoms with van der Waals surface area (Å²) in [6.07, 6.45) is 9.75. The molecule has 92 valence electrons. The van der Waals surface area contributed by atoms with Gasteiger partial charge < -0.3 is 5.11 Å². The van der Waals surface area contributed by atoms with E-state index in [1.807, 2.05) is 46.8 Å². The SMILES string of the molecule is CC=C1C(=CC)C(=CC)C(O)C(=CC)C1=CC. The molecule has 0 aromatic rings. The van der Waals surface area contributed by atoms with Crippen molar-refractivity contribution in [2.45, 2.75) is 40.7 Å². The third kappa shape index (κ3) is 2.20. The van der Waals surface area contributed by atoms with E-state index in [-0.39, 0.29) is 0 Å². The minimum absolute atomic E-state index is 0.508. The molecule has 0 amide bonds. The number of hydrogen-bond acceptors (Lipinski definition) is 1. The Morgan fingerprint density at radius 2 is 1.00 bits per heavy atom. The highest BCUT2D eigenvalue weighted by atomic mass is 16.3. The largest absolute Gasteiger partial charge is 0.384 e. The Morgan fingerprint density at radius 3 is 1.24 bits per heavy atom. The van der Waals surface area contributed by atoms with Crippen LogP contribution in [-0.4, -0.2) is 11.2 Å². The Morgan fingerprint density at radius 1 is 0.647 bits per heavy atom. The monoisotopic (exact) mass is 230 g/mol. The molecule has 1 aliphatic rings. The molecule has 1 aliphatic carbocycles. The standard InChI is InChI=1S/C16H22O/c1-6-11-12(7-2)14(9-4)16(17)15(10-5)13(11)8-3/h6-10,16-17H,1-5H3. The van der Waals surface area contributed by atoms with Gasteiger partial charge in [-0.2, -0.15) is 0 Å². The average Bonchev–Trinajstić information content (AvgIpc) is 2.36. The highest BCUT2D eigenvalue weighted by Crippen LogP contribution is 2.40. The topological polar surface area (TPSA) is 20.2 Å². The fraction of sp³-hybridized carbons (Fsp3) is 0.375. The van der Waals surface area contributed by atoms with Gasteiger partial charge in [-0.1, -0.05) is 30.4 Å². The maximum Gasteiger partial charge on any atom is 0.105 e. The highest BCUT2D eigenvalue weighted by Gasteiger charge is 2.30. The lowest BCUT2D eigenvalue weighted by Crippen LogP contribution is -2.24. The summed E-state index contributed by atoms with van der Waals surface area (Å²) in [6, 6.07) is 0. The van der Waals surface area contributed by atoms with Crippen molar-refractivity contribution in [2.24, 2.45) is 0 Å². The zero-order valence-electron chi connectivity index (χ0n) is 11.4. The molecular formula is C16H22O. The first-order valence-electron chi connectivity index (χ1n) is 6.17. The number of hydrogen-bond donors (Lipinski definition) is 1. The van der Waals surface area contributed by atoms with E-state index >= 15 is 0 Å². The van der Waals surface area contributed by atoms with Crippen molar-refractivity contribution < 1.29 is 5.11 Å². The van der Waals surface area contributed by atoms with Crippen molar-refractivity contribution in [1.82, 2.24) is 0 Å². The van der Waals surface area contributed by atoms with E-state index in [1.54, 1.807) is 0 Å². The lowest BCUT2D eigenvalue weighted by atomic mass is 9.76. The van der Waals surface area contributed by atoms with E-state index < -0.39 is 6.10 Å². The fourth-order valence-corrected chi connectivity index (χ4v) is 2.50. The minimum atomic E-state index is -0.508. The van der Waals surface area contributed by atoms with Crippen molar-refractivity contribution in [1.29, 1.82) is 0 Å². The molecule has 0 bridgehead atoms. The number of aliphatic hydroxyl groups is 1. The summed E-state index contributed by atoms with van der Waals surface area (Å²) in [5.74, 6) is 0. The molecule has 0 radical (unpaired) electrons. The van der Waals surface area contributed by atoms with Crippen molar-refractivity contribution in [3.63, 3.8) is 0 Å². The normalized spacial score (nSPS) is 30.7. The van der Waals surface area contributed by atoms with Crippen LogP contribution in [0.5, 0.6) is 0 Å². The Labute approximate surface area is 105 Å². The van der Waals surface area contributed by atoms with E-state index in [0.717, 1.165) is 22.3 Å². The first kappa shape index (κ1) is 13.7. The molecule has 1 fully saturated rings. The molecule has 0 aromatic heterocycles. The summed E-state index contributed by atoms with van der Waals surface area (Å²) >= 11 is 0. The molecule has 1 heteroatoms. The van der Waals surface area contributed by atoms with Gasteiger partial charge in [0, 0.05) is 0 Å². The summed E-state index contributed by atoms with van der Waals surface area (Å²) < 4.78 is 0. The maximum atomic E-state index is 10.4. The number of rotatable bonds is 0. The summed E-state index contributed by atoms with van der Waals surface area (Å²) in [7, 11) is 0. The summed E-state index contributed by atoms with van der Waals surface area (Å²) in [4.78, 5) is 0. The average molecular weight is 230 g/mol. The van der Waals surface area contributed by atoms with Crippen LogP contribution in [0.4, 0.5) is 0 Å². The molecule has 17 heavy (non-hydrogen) atoms. The van der Waals surface area contributed by atoms with Crippen LogP contribution in [0.1, 0.15) is 34.6 Å². The van der Waals surface area contributed by atoms with Crippen molar-refractivity contribution in [3.05, 3.63) is 58.2 Å². The van der Waals surface area contributed by atoms with Gasteiger partial charge in [0.15, 0.2) is 0 Å². The van der Waals surface area contributed by atoms with Crippen LogP contribution >= 0.6 is 0 Å². The smallest absolute Gasteiger partial charge is 0.105 e. The van der Waals surface area contributed by atoms with Crippen LogP contribution < -0.4 is 0 Å². The number of allylic oxidation sites excluding steroid dienone is 6. The van der Waals surface area contributed by atoms with Gasteiger partial charge in [0.05, 0.1) is 0 Å². The Bertz CT molecular complexity index is 404. The van der Waals surface area contributed by atoms with Crippen LogP contribution in [-0.2, 0) is 0 Å². The van der Waals surface area contributed by atoms with Gasteiger partial charge in [0.25, 0.3) is 0 Å². The summed E-state index contributed by atoms with van der Waals surface area (Å²) in [5, 5.41) is 10.4. The van der Waals surface area contributed by atoms with Crippen molar-refractivity contribution >= 4 is 0 Å². The van der Waals surface area contributed by atoms with Gasteiger partial charge in [-0.25, -0.2) is 0 Å². The Balaban J connectivity index is 3.53. The molecular weight excluding hydrogens is 208 g/mol. The lowest BCUT2D eigenvalue weighted by molar-refractivity contribution is 0.248. The van der Waals surface area contributed by atoms with E-state index in [0.29, 0.717) is 0 Å². The molecule has 0 aliphatic heterocycles. The van der Waals surface area contributed by atoms with Crippen molar-refractivity contribution in [3.8, 4) is 0 Å². The molecule has 0 aromatic carbocycles.